The largest absolute Gasteiger partial charge is 0.494 e. The first-order valence-electron chi connectivity index (χ1n) is 23.6. The number of fused-ring (bicyclic) bond motifs is 1. The lowest BCUT2D eigenvalue weighted by molar-refractivity contribution is -0.136. The van der Waals surface area contributed by atoms with E-state index in [1.807, 2.05) is 17.0 Å². The van der Waals surface area contributed by atoms with Gasteiger partial charge in [-0.15, -0.1) is 11.3 Å². The molecule has 0 radical (unpaired) electrons. The van der Waals surface area contributed by atoms with Gasteiger partial charge in [-0.2, -0.15) is 4.98 Å². The van der Waals surface area contributed by atoms with Crippen LogP contribution in [0.3, 0.4) is 0 Å². The maximum Gasteiger partial charge on any atom is 0.265 e. The summed E-state index contributed by atoms with van der Waals surface area (Å²) in [5.74, 6) is -2.48. The number of piperidine rings is 1. The number of halogens is 1. The standard InChI is InChI=1S/C49H56FN9O11S/c1-66-38-29-32(9-10-35(38)54-46(63)40-13-12-39(71-40)31-5-2-3-6-31)53-44-34(50)30-52-49(56-44)58-19-17-57(18-20-58)42(61)15-21-67-23-25-69-27-28-70-26-24-68-22-16-51-36-8-4-7-33-43(36)48(65)59(47(33)64)37-11-14-41(60)55-45(37)62/h4-5,7-10,12-13,29-30,37,51H,2-3,6,11,14-28H2,1H3,(H,54,63)(H,52,53,56)(H,55,60,62). The van der Waals surface area contributed by atoms with Crippen molar-refractivity contribution < 1.29 is 56.8 Å². The number of piperazine rings is 1. The van der Waals surface area contributed by atoms with Crippen molar-refractivity contribution in [2.45, 2.75) is 44.6 Å². The monoisotopic (exact) mass is 997 g/mol. The molecule has 376 valence electrons. The molecule has 4 aliphatic rings. The SMILES string of the molecule is COc1cc(Nc2nc(N3CCN(C(=O)CCOCCOCCOCCOCCNc4cccc5c4C(=O)N(C4CCC(=O)NC4=O)C5=O)CC3)ncc2F)ccc1NC(=O)c1ccc(C2=CCCC2)s1. The van der Waals surface area contributed by atoms with Crippen LogP contribution in [0.25, 0.3) is 5.57 Å². The fraction of sp³-hybridized carbons (Fsp3) is 0.429. The molecule has 1 atom stereocenters. The number of methoxy groups -OCH3 is 1. The molecule has 4 aromatic rings. The Morgan fingerprint density at radius 1 is 0.859 bits per heavy atom. The highest BCUT2D eigenvalue weighted by molar-refractivity contribution is 7.15. The highest BCUT2D eigenvalue weighted by Gasteiger charge is 2.45. The Morgan fingerprint density at radius 3 is 2.32 bits per heavy atom. The zero-order valence-corrected chi connectivity index (χ0v) is 40.1. The highest BCUT2D eigenvalue weighted by Crippen LogP contribution is 2.35. The van der Waals surface area contributed by atoms with E-state index in [-0.39, 0.29) is 54.6 Å². The molecule has 0 saturated carbocycles. The number of carbonyl (C=O) groups is 6. The van der Waals surface area contributed by atoms with E-state index >= 15 is 0 Å². The second kappa shape index (κ2) is 24.3. The molecular formula is C49H56FN9O11S. The third-order valence-corrected chi connectivity index (χ3v) is 13.3. The molecule has 22 heteroatoms. The number of rotatable bonds is 24. The summed E-state index contributed by atoms with van der Waals surface area (Å²) in [7, 11) is 1.49. The number of benzene rings is 2. The van der Waals surface area contributed by atoms with E-state index < -0.39 is 35.5 Å². The minimum absolute atomic E-state index is 0.0279. The lowest BCUT2D eigenvalue weighted by atomic mass is 10.0. The van der Waals surface area contributed by atoms with Crippen LogP contribution in [0, 0.1) is 5.82 Å². The van der Waals surface area contributed by atoms with Gasteiger partial charge < -0.3 is 49.4 Å². The smallest absolute Gasteiger partial charge is 0.265 e. The molecule has 1 unspecified atom stereocenters. The summed E-state index contributed by atoms with van der Waals surface area (Å²) in [5, 5.41) is 11.2. The Labute approximate surface area is 413 Å². The van der Waals surface area contributed by atoms with Crippen LogP contribution < -0.4 is 30.9 Å². The number of allylic oxidation sites excluding steroid dienone is 2. The number of amides is 6. The predicted molar refractivity (Wildman–Crippen MR) is 261 cm³/mol. The third kappa shape index (κ3) is 12.7. The van der Waals surface area contributed by atoms with E-state index in [1.165, 1.54) is 30.1 Å². The van der Waals surface area contributed by atoms with Crippen LogP contribution in [-0.2, 0) is 33.3 Å². The van der Waals surface area contributed by atoms with Crippen molar-refractivity contribution in [3.8, 4) is 5.75 Å². The van der Waals surface area contributed by atoms with E-state index in [0.29, 0.717) is 113 Å². The van der Waals surface area contributed by atoms with Gasteiger partial charge in [-0.05, 0) is 67.7 Å². The fourth-order valence-corrected chi connectivity index (χ4v) is 9.44. The van der Waals surface area contributed by atoms with Gasteiger partial charge in [-0.1, -0.05) is 12.1 Å². The van der Waals surface area contributed by atoms with Crippen LogP contribution in [0.2, 0.25) is 0 Å². The van der Waals surface area contributed by atoms with Gasteiger partial charge in [0, 0.05) is 61.5 Å². The number of carbonyl (C=O) groups excluding carboxylic acids is 6. The maximum absolute atomic E-state index is 15.0. The second-order valence-electron chi connectivity index (χ2n) is 16.8. The zero-order valence-electron chi connectivity index (χ0n) is 39.3. The third-order valence-electron chi connectivity index (χ3n) is 12.2. The van der Waals surface area contributed by atoms with Gasteiger partial charge in [0.25, 0.3) is 17.7 Å². The Hall–Kier alpha value is -6.85. The Kier molecular flexibility index (Phi) is 17.3. The first-order chi connectivity index (χ1) is 34.6. The van der Waals surface area contributed by atoms with Gasteiger partial charge in [0.15, 0.2) is 11.6 Å². The summed E-state index contributed by atoms with van der Waals surface area (Å²) >= 11 is 1.46. The normalized spacial score (nSPS) is 16.8. The first kappa shape index (κ1) is 50.5. The lowest BCUT2D eigenvalue weighted by Gasteiger charge is -2.34. The predicted octanol–water partition coefficient (Wildman–Crippen LogP) is 4.87. The summed E-state index contributed by atoms with van der Waals surface area (Å²) in [4.78, 5) is 91.1. The molecule has 1 aliphatic carbocycles. The summed E-state index contributed by atoms with van der Waals surface area (Å²) in [6.45, 7) is 4.73. The number of thiophene rings is 1. The Bertz CT molecular complexity index is 2640. The van der Waals surface area contributed by atoms with Gasteiger partial charge in [-0.25, -0.2) is 9.37 Å². The molecular weight excluding hydrogens is 942 g/mol. The van der Waals surface area contributed by atoms with Gasteiger partial charge >= 0.3 is 0 Å². The molecule has 0 bridgehead atoms. The van der Waals surface area contributed by atoms with Crippen LogP contribution in [0.5, 0.6) is 5.75 Å². The topological polar surface area (TPSA) is 232 Å². The molecule has 2 fully saturated rings. The summed E-state index contributed by atoms with van der Waals surface area (Å²) in [6.07, 6.45) is 6.90. The molecule has 0 spiro atoms. The van der Waals surface area contributed by atoms with E-state index in [0.717, 1.165) is 35.2 Å². The number of nitrogens with zero attached hydrogens (tertiary/aromatic N) is 5. The van der Waals surface area contributed by atoms with E-state index in [9.17, 15) is 33.2 Å². The molecule has 5 heterocycles. The molecule has 71 heavy (non-hydrogen) atoms. The quantitative estimate of drug-likeness (QED) is 0.0542. The average Bonchev–Trinajstić information content (AvgIpc) is 4.15. The van der Waals surface area contributed by atoms with Crippen molar-refractivity contribution in [1.82, 2.24) is 25.1 Å². The fourth-order valence-electron chi connectivity index (χ4n) is 8.47. The Balaban J connectivity index is 0.654. The molecule has 3 aliphatic heterocycles. The van der Waals surface area contributed by atoms with Crippen molar-refractivity contribution in [3.05, 3.63) is 87.5 Å². The molecule has 8 rings (SSSR count). The number of ether oxygens (including phenoxy) is 5. The second-order valence-corrected chi connectivity index (χ2v) is 17.9. The van der Waals surface area contributed by atoms with Crippen molar-refractivity contribution in [2.75, 3.05) is 114 Å². The number of hydrogen-bond donors (Lipinski definition) is 4. The number of anilines is 5. The van der Waals surface area contributed by atoms with Crippen molar-refractivity contribution in [2.24, 2.45) is 0 Å². The number of aromatic nitrogens is 2. The molecule has 2 saturated heterocycles. The van der Waals surface area contributed by atoms with E-state index in [2.05, 4.69) is 37.3 Å². The molecule has 20 nitrogen and oxygen atoms in total. The van der Waals surface area contributed by atoms with Crippen molar-refractivity contribution >= 4 is 81.2 Å². The van der Waals surface area contributed by atoms with Crippen LogP contribution in [-0.4, -0.2) is 154 Å². The number of nitrogens with one attached hydrogen (secondary N) is 4. The van der Waals surface area contributed by atoms with Gasteiger partial charge in [0.1, 0.15) is 11.8 Å². The van der Waals surface area contributed by atoms with Crippen LogP contribution >= 0.6 is 11.3 Å². The number of imide groups is 2. The zero-order chi connectivity index (χ0) is 49.7. The van der Waals surface area contributed by atoms with Crippen LogP contribution in [0.15, 0.2) is 60.8 Å². The van der Waals surface area contributed by atoms with Crippen molar-refractivity contribution in [1.29, 1.82) is 0 Å². The number of hydrogen-bond acceptors (Lipinski definition) is 17. The Morgan fingerprint density at radius 2 is 1.61 bits per heavy atom. The molecule has 2 aromatic carbocycles. The minimum Gasteiger partial charge on any atom is -0.494 e. The summed E-state index contributed by atoms with van der Waals surface area (Å²) in [5.41, 5.74) is 3.09. The first-order valence-corrected chi connectivity index (χ1v) is 24.4. The minimum atomic E-state index is -1.03. The molecule has 6 amide bonds. The van der Waals surface area contributed by atoms with Crippen LogP contribution in [0.1, 0.15) is 73.8 Å². The highest BCUT2D eigenvalue weighted by atomic mass is 32.1. The van der Waals surface area contributed by atoms with Crippen molar-refractivity contribution in [3.63, 3.8) is 0 Å². The molecule has 4 N–H and O–H groups in total. The van der Waals surface area contributed by atoms with E-state index in [1.54, 1.807) is 35.2 Å². The van der Waals surface area contributed by atoms with Gasteiger partial charge in [0.05, 0.1) is 94.3 Å². The van der Waals surface area contributed by atoms with E-state index in [4.69, 9.17) is 23.7 Å². The maximum atomic E-state index is 15.0. The molecule has 2 aromatic heterocycles. The summed E-state index contributed by atoms with van der Waals surface area (Å²) in [6, 6.07) is 12.7. The van der Waals surface area contributed by atoms with Crippen LogP contribution in [0.4, 0.5) is 33.2 Å². The summed E-state index contributed by atoms with van der Waals surface area (Å²) < 4.78 is 42.9. The van der Waals surface area contributed by atoms with Gasteiger partial charge in [-0.3, -0.25) is 39.0 Å². The van der Waals surface area contributed by atoms with Gasteiger partial charge in [0.2, 0.25) is 23.7 Å². The lowest BCUT2D eigenvalue weighted by Crippen LogP contribution is -2.54. The average molecular weight is 998 g/mol.